The van der Waals surface area contributed by atoms with Crippen LogP contribution in [0, 0.1) is 0 Å². The highest BCUT2D eigenvalue weighted by Gasteiger charge is 2.09. The van der Waals surface area contributed by atoms with Crippen molar-refractivity contribution in [1.82, 2.24) is 10.0 Å². The van der Waals surface area contributed by atoms with Gasteiger partial charge in [0.15, 0.2) is 0 Å². The van der Waals surface area contributed by atoms with Crippen molar-refractivity contribution < 1.29 is 13.2 Å². The van der Waals surface area contributed by atoms with Gasteiger partial charge in [0, 0.05) is 13.0 Å². The van der Waals surface area contributed by atoms with E-state index >= 15 is 0 Å². The summed E-state index contributed by atoms with van der Waals surface area (Å²) in [6.07, 6.45) is 1.20. The zero-order chi connectivity index (χ0) is 13.6. The van der Waals surface area contributed by atoms with Crippen LogP contribution in [-0.4, -0.2) is 27.1 Å². The van der Waals surface area contributed by atoms with E-state index in [2.05, 4.69) is 10.0 Å². The Hall–Kier alpha value is -1.40. The van der Waals surface area contributed by atoms with Gasteiger partial charge in [-0.25, -0.2) is 13.1 Å². The van der Waals surface area contributed by atoms with Gasteiger partial charge in [-0.2, -0.15) is 0 Å². The smallest absolute Gasteiger partial charge is 0.221 e. The number of nitrogens with one attached hydrogen (secondary N) is 2. The lowest BCUT2D eigenvalue weighted by atomic mass is 10.1. The number of rotatable bonds is 6. The monoisotopic (exact) mass is 270 g/mol. The van der Waals surface area contributed by atoms with Crippen LogP contribution in [0.1, 0.15) is 24.9 Å². The van der Waals surface area contributed by atoms with E-state index in [1.807, 2.05) is 37.3 Å². The Kier molecular flexibility index (Phi) is 5.30. The standard InChI is InChI=1S/C12H18N2O3S/c1-10(11-6-4-3-5-7-11)14-12(15)8-9-13-18(2,16)17/h3-7,10,13H,8-9H2,1-2H3,(H,14,15). The zero-order valence-electron chi connectivity index (χ0n) is 10.5. The minimum atomic E-state index is -3.23. The average molecular weight is 270 g/mol. The molecule has 0 saturated carbocycles. The summed E-state index contributed by atoms with van der Waals surface area (Å²) < 4.78 is 23.9. The van der Waals surface area contributed by atoms with Crippen molar-refractivity contribution in [1.29, 1.82) is 0 Å². The molecule has 1 aromatic carbocycles. The molecule has 1 unspecified atom stereocenters. The largest absolute Gasteiger partial charge is 0.350 e. The fourth-order valence-corrected chi connectivity index (χ4v) is 1.96. The molecule has 2 N–H and O–H groups in total. The van der Waals surface area contributed by atoms with Crippen molar-refractivity contribution in [2.75, 3.05) is 12.8 Å². The quantitative estimate of drug-likeness (QED) is 0.803. The van der Waals surface area contributed by atoms with Crippen LogP contribution in [0.25, 0.3) is 0 Å². The number of benzene rings is 1. The number of sulfonamides is 1. The molecule has 0 aliphatic rings. The molecular weight excluding hydrogens is 252 g/mol. The molecule has 6 heteroatoms. The van der Waals surface area contributed by atoms with Crippen molar-refractivity contribution in [2.24, 2.45) is 0 Å². The van der Waals surface area contributed by atoms with Crippen molar-refractivity contribution in [3.05, 3.63) is 35.9 Å². The molecule has 0 fully saturated rings. The third kappa shape index (κ3) is 5.79. The van der Waals surface area contributed by atoms with E-state index in [1.165, 1.54) is 0 Å². The summed E-state index contributed by atoms with van der Waals surface area (Å²) in [5.74, 6) is -0.178. The second-order valence-electron chi connectivity index (χ2n) is 4.12. The zero-order valence-corrected chi connectivity index (χ0v) is 11.3. The van der Waals surface area contributed by atoms with Crippen LogP contribution in [0.15, 0.2) is 30.3 Å². The minimum Gasteiger partial charge on any atom is -0.350 e. The lowest BCUT2D eigenvalue weighted by Crippen LogP contribution is -2.31. The SMILES string of the molecule is CC(NC(=O)CCNS(C)(=O)=O)c1ccccc1. The van der Waals surface area contributed by atoms with Crippen molar-refractivity contribution in [2.45, 2.75) is 19.4 Å². The molecule has 0 heterocycles. The normalized spacial score (nSPS) is 13.0. The molecule has 0 spiro atoms. The lowest BCUT2D eigenvalue weighted by Gasteiger charge is -2.14. The van der Waals surface area contributed by atoms with Gasteiger partial charge in [0.2, 0.25) is 15.9 Å². The van der Waals surface area contributed by atoms with Crippen LogP contribution >= 0.6 is 0 Å². The maximum atomic E-state index is 11.6. The maximum absolute atomic E-state index is 11.6. The van der Waals surface area contributed by atoms with Crippen LogP contribution in [0.3, 0.4) is 0 Å². The van der Waals surface area contributed by atoms with Crippen LogP contribution in [0.2, 0.25) is 0 Å². The van der Waals surface area contributed by atoms with Gasteiger partial charge in [-0.3, -0.25) is 4.79 Å². The first-order chi connectivity index (χ1) is 8.38. The molecule has 0 aromatic heterocycles. The fourth-order valence-electron chi connectivity index (χ4n) is 1.49. The summed E-state index contributed by atoms with van der Waals surface area (Å²) in [6, 6.07) is 9.50. The van der Waals surface area contributed by atoms with Gasteiger partial charge in [-0.1, -0.05) is 30.3 Å². The first kappa shape index (κ1) is 14.7. The summed E-state index contributed by atoms with van der Waals surface area (Å²) in [7, 11) is -3.23. The predicted molar refractivity (Wildman–Crippen MR) is 70.5 cm³/mol. The van der Waals surface area contributed by atoms with Gasteiger partial charge < -0.3 is 5.32 Å². The van der Waals surface area contributed by atoms with Gasteiger partial charge in [0.25, 0.3) is 0 Å². The summed E-state index contributed by atoms with van der Waals surface area (Å²) in [6.45, 7) is 2.00. The van der Waals surface area contributed by atoms with Crippen LogP contribution in [-0.2, 0) is 14.8 Å². The molecule has 100 valence electrons. The summed E-state index contributed by atoms with van der Waals surface area (Å²) in [5.41, 5.74) is 1.02. The third-order valence-electron chi connectivity index (χ3n) is 2.39. The molecule has 0 bridgehead atoms. The first-order valence-corrected chi connectivity index (χ1v) is 7.56. The molecule has 1 amide bonds. The van der Waals surface area contributed by atoms with Gasteiger partial charge in [0.1, 0.15) is 0 Å². The molecule has 1 rings (SSSR count). The fraction of sp³-hybridized carbons (Fsp3) is 0.417. The molecule has 1 aromatic rings. The van der Waals surface area contributed by atoms with E-state index in [1.54, 1.807) is 0 Å². The van der Waals surface area contributed by atoms with Gasteiger partial charge in [-0.15, -0.1) is 0 Å². The molecule has 0 aliphatic heterocycles. The van der Waals surface area contributed by atoms with Gasteiger partial charge in [0.05, 0.1) is 12.3 Å². The molecule has 0 saturated heterocycles. The second-order valence-corrected chi connectivity index (χ2v) is 5.95. The van der Waals surface area contributed by atoms with E-state index in [-0.39, 0.29) is 24.9 Å². The van der Waals surface area contributed by atoms with E-state index < -0.39 is 10.0 Å². The van der Waals surface area contributed by atoms with Gasteiger partial charge >= 0.3 is 0 Å². The van der Waals surface area contributed by atoms with Crippen LogP contribution in [0.4, 0.5) is 0 Å². The Balaban J connectivity index is 2.37. The maximum Gasteiger partial charge on any atom is 0.221 e. The minimum absolute atomic E-state index is 0.0862. The molecule has 0 radical (unpaired) electrons. The first-order valence-electron chi connectivity index (χ1n) is 5.67. The third-order valence-corrected chi connectivity index (χ3v) is 3.12. The molecule has 5 nitrogen and oxygen atoms in total. The number of hydrogen-bond acceptors (Lipinski definition) is 3. The highest BCUT2D eigenvalue weighted by Crippen LogP contribution is 2.10. The summed E-state index contributed by atoms with van der Waals surface area (Å²) in [4.78, 5) is 11.6. The Morgan fingerprint density at radius 2 is 1.89 bits per heavy atom. The van der Waals surface area contributed by atoms with Crippen LogP contribution < -0.4 is 10.0 Å². The van der Waals surface area contributed by atoms with Crippen molar-refractivity contribution >= 4 is 15.9 Å². The average Bonchev–Trinajstić information content (AvgIpc) is 2.28. The molecule has 0 aliphatic carbocycles. The highest BCUT2D eigenvalue weighted by molar-refractivity contribution is 7.88. The molecule has 1 atom stereocenters. The Morgan fingerprint density at radius 1 is 1.28 bits per heavy atom. The van der Waals surface area contributed by atoms with Crippen molar-refractivity contribution in [3.8, 4) is 0 Å². The number of amides is 1. The van der Waals surface area contributed by atoms with Crippen LogP contribution in [0.5, 0.6) is 0 Å². The van der Waals surface area contributed by atoms with E-state index in [0.29, 0.717) is 0 Å². The molecule has 18 heavy (non-hydrogen) atoms. The topological polar surface area (TPSA) is 75.3 Å². The Labute approximate surface area is 108 Å². The highest BCUT2D eigenvalue weighted by atomic mass is 32.2. The molecular formula is C12H18N2O3S. The number of carbonyl (C=O) groups excluding carboxylic acids is 1. The number of hydrogen-bond donors (Lipinski definition) is 2. The van der Waals surface area contributed by atoms with E-state index in [4.69, 9.17) is 0 Å². The van der Waals surface area contributed by atoms with E-state index in [9.17, 15) is 13.2 Å². The Bertz CT molecular complexity index is 485. The second kappa shape index (κ2) is 6.51. The van der Waals surface area contributed by atoms with Gasteiger partial charge in [-0.05, 0) is 12.5 Å². The summed E-state index contributed by atoms with van der Waals surface area (Å²) >= 11 is 0. The lowest BCUT2D eigenvalue weighted by molar-refractivity contribution is -0.121. The van der Waals surface area contributed by atoms with E-state index in [0.717, 1.165) is 11.8 Å². The Morgan fingerprint density at radius 3 is 2.44 bits per heavy atom. The predicted octanol–water partition coefficient (Wildman–Crippen LogP) is 0.803. The summed E-state index contributed by atoms with van der Waals surface area (Å²) in [5, 5.41) is 2.81. The van der Waals surface area contributed by atoms with Crippen molar-refractivity contribution in [3.63, 3.8) is 0 Å². The number of carbonyl (C=O) groups is 1.